The van der Waals surface area contributed by atoms with Crippen LogP contribution in [0.4, 0.5) is 0 Å². The minimum absolute atomic E-state index is 0.308. The van der Waals surface area contributed by atoms with Gasteiger partial charge in [0.1, 0.15) is 17.3 Å². The number of aromatic nitrogens is 1. The molecule has 5 nitrogen and oxygen atoms in total. The van der Waals surface area contributed by atoms with E-state index in [1.165, 1.54) is 5.56 Å². The number of benzene rings is 3. The first-order valence-corrected chi connectivity index (χ1v) is 12.8. The molecule has 0 N–H and O–H groups in total. The molecule has 0 amide bonds. The number of carbonyl (C=O) groups excluding carboxylic acids is 1. The zero-order valence-corrected chi connectivity index (χ0v) is 22.2. The van der Waals surface area contributed by atoms with E-state index < -0.39 is 0 Å². The lowest BCUT2D eigenvalue weighted by Gasteiger charge is -2.14. The predicted octanol–water partition coefficient (Wildman–Crippen LogP) is 5.77. The minimum atomic E-state index is -0.387. The van der Waals surface area contributed by atoms with Gasteiger partial charge in [0.25, 0.3) is 0 Å². The molecule has 0 radical (unpaired) electrons. The largest absolute Gasteiger partial charge is 0.496 e. The first-order valence-electron chi connectivity index (χ1n) is 12.8. The number of allylic oxidation sites excluding steroid dienone is 2. The van der Waals surface area contributed by atoms with Crippen molar-refractivity contribution in [2.75, 3.05) is 13.7 Å². The molecule has 0 aliphatic carbocycles. The van der Waals surface area contributed by atoms with E-state index in [1.807, 2.05) is 49.4 Å². The molecule has 38 heavy (non-hydrogen) atoms. The molecule has 4 aromatic rings. The van der Waals surface area contributed by atoms with Gasteiger partial charge in [0.2, 0.25) is 0 Å². The van der Waals surface area contributed by atoms with Gasteiger partial charge < -0.3 is 14.2 Å². The number of methoxy groups -OCH3 is 1. The van der Waals surface area contributed by atoms with Gasteiger partial charge in [-0.25, -0.2) is 4.79 Å². The highest BCUT2D eigenvalue weighted by Crippen LogP contribution is 2.32. The Morgan fingerprint density at radius 1 is 1.00 bits per heavy atom. The van der Waals surface area contributed by atoms with E-state index >= 15 is 0 Å². The molecule has 0 spiro atoms. The lowest BCUT2D eigenvalue weighted by Crippen LogP contribution is -2.30. The molecule has 0 atom stereocenters. The van der Waals surface area contributed by atoms with Crippen molar-refractivity contribution in [3.8, 4) is 11.5 Å². The fraction of sp³-hybridized carbons (Fsp3) is 0.212. The van der Waals surface area contributed by atoms with Crippen molar-refractivity contribution in [1.82, 2.24) is 4.98 Å². The number of esters is 1. The number of carbonyl (C=O) groups is 1. The second kappa shape index (κ2) is 12.7. The number of hydrogen-bond donors (Lipinski definition) is 0. The van der Waals surface area contributed by atoms with Crippen LogP contribution in [0.3, 0.4) is 0 Å². The van der Waals surface area contributed by atoms with Crippen LogP contribution < -0.4 is 19.9 Å². The zero-order chi connectivity index (χ0) is 26.9. The number of pyridine rings is 1. The number of ether oxygens (including phenoxy) is 3. The fourth-order valence-electron chi connectivity index (χ4n) is 4.38. The molecule has 0 aliphatic heterocycles. The Balaban J connectivity index is 1.61. The highest BCUT2D eigenvalue weighted by molar-refractivity contribution is 5.90. The van der Waals surface area contributed by atoms with Crippen molar-refractivity contribution in [2.24, 2.45) is 0 Å². The molecule has 0 bridgehead atoms. The van der Waals surface area contributed by atoms with Crippen molar-refractivity contribution >= 4 is 29.5 Å². The predicted molar refractivity (Wildman–Crippen MR) is 153 cm³/mol. The third-order valence-electron chi connectivity index (χ3n) is 6.38. The molecular weight excluding hydrogens is 474 g/mol. The van der Waals surface area contributed by atoms with E-state index in [1.54, 1.807) is 26.3 Å². The average molecular weight is 508 g/mol. The lowest BCUT2D eigenvalue weighted by molar-refractivity contribution is 0.0525. The van der Waals surface area contributed by atoms with Crippen LogP contribution in [-0.2, 0) is 17.6 Å². The summed E-state index contributed by atoms with van der Waals surface area (Å²) >= 11 is 0. The number of aryl methyl sites for hydroxylation is 2. The Hall–Kier alpha value is -4.38. The molecule has 1 heterocycles. The van der Waals surface area contributed by atoms with Crippen LogP contribution in [0.1, 0.15) is 41.8 Å². The Labute approximate surface area is 223 Å². The van der Waals surface area contributed by atoms with Gasteiger partial charge in [0.15, 0.2) is 0 Å². The molecule has 5 heteroatoms. The minimum Gasteiger partial charge on any atom is -0.496 e. The molecule has 0 unspecified atom stereocenters. The van der Waals surface area contributed by atoms with Crippen LogP contribution in [0.5, 0.6) is 11.5 Å². The first kappa shape index (κ1) is 26.7. The van der Waals surface area contributed by atoms with Gasteiger partial charge in [-0.2, -0.15) is 0 Å². The summed E-state index contributed by atoms with van der Waals surface area (Å²) in [5.41, 5.74) is 3.73. The maximum absolute atomic E-state index is 12.3. The number of hydrogen-bond acceptors (Lipinski definition) is 5. The van der Waals surface area contributed by atoms with Crippen LogP contribution in [0, 0.1) is 0 Å². The van der Waals surface area contributed by atoms with Crippen LogP contribution >= 0.6 is 0 Å². The summed E-state index contributed by atoms with van der Waals surface area (Å²) in [6.07, 6.45) is 8.39. The molecule has 0 fully saturated rings. The number of rotatable bonds is 10. The Morgan fingerprint density at radius 2 is 1.82 bits per heavy atom. The summed E-state index contributed by atoms with van der Waals surface area (Å²) < 4.78 is 17.2. The highest BCUT2D eigenvalue weighted by Gasteiger charge is 2.12. The standard InChI is InChI=1S/C33H33NO4/c1-5-27(20-25-15-11-17-28(23(25)3)33(35)37-6-2)38-31-18-19-34-30-21-26(32(36-4)22-29(30)31)16-10-14-24-12-8-7-9-13-24/h5,7-9,11-13,15,17-22H,3,6,10,14,16H2,1-2,4H3/b25-20-,27-5+. The Bertz CT molecular complexity index is 1560. The highest BCUT2D eigenvalue weighted by atomic mass is 16.5. The topological polar surface area (TPSA) is 57.7 Å². The van der Waals surface area contributed by atoms with Gasteiger partial charge in [-0.15, -0.1) is 0 Å². The molecule has 4 rings (SSSR count). The van der Waals surface area contributed by atoms with Gasteiger partial charge in [0, 0.05) is 11.6 Å². The van der Waals surface area contributed by atoms with Crippen molar-refractivity contribution in [3.05, 3.63) is 112 Å². The second-order valence-corrected chi connectivity index (χ2v) is 8.86. The van der Waals surface area contributed by atoms with Crippen LogP contribution in [0.25, 0.3) is 23.6 Å². The van der Waals surface area contributed by atoms with Crippen molar-refractivity contribution < 1.29 is 19.0 Å². The summed E-state index contributed by atoms with van der Waals surface area (Å²) in [7, 11) is 1.69. The zero-order valence-electron chi connectivity index (χ0n) is 22.2. The molecule has 3 aromatic carbocycles. The van der Waals surface area contributed by atoms with Gasteiger partial charge in [0.05, 0.1) is 24.8 Å². The normalized spacial score (nSPS) is 12.0. The molecule has 1 aromatic heterocycles. The van der Waals surface area contributed by atoms with E-state index in [0.717, 1.165) is 46.7 Å². The van der Waals surface area contributed by atoms with Crippen molar-refractivity contribution in [3.63, 3.8) is 0 Å². The van der Waals surface area contributed by atoms with E-state index in [0.29, 0.717) is 28.9 Å². The van der Waals surface area contributed by atoms with Gasteiger partial charge >= 0.3 is 5.97 Å². The molecule has 194 valence electrons. The monoisotopic (exact) mass is 507 g/mol. The Kier molecular flexibility index (Phi) is 8.94. The summed E-state index contributed by atoms with van der Waals surface area (Å²) in [5, 5.41) is 2.23. The smallest absolute Gasteiger partial charge is 0.338 e. The van der Waals surface area contributed by atoms with Crippen molar-refractivity contribution in [1.29, 1.82) is 0 Å². The average Bonchev–Trinajstić information content (AvgIpc) is 2.94. The van der Waals surface area contributed by atoms with Crippen LogP contribution in [0.2, 0.25) is 0 Å². The summed E-state index contributed by atoms with van der Waals surface area (Å²) in [4.78, 5) is 16.9. The van der Waals surface area contributed by atoms with Gasteiger partial charge in [-0.05, 0) is 91.1 Å². The maximum atomic E-state index is 12.3. The molecular formula is C33H33NO4. The number of nitrogens with zero attached hydrogens (tertiary/aromatic N) is 1. The van der Waals surface area contributed by atoms with Gasteiger partial charge in [-0.1, -0.05) is 49.0 Å². The fourth-order valence-corrected chi connectivity index (χ4v) is 4.38. The van der Waals surface area contributed by atoms with E-state index in [2.05, 4.69) is 41.9 Å². The lowest BCUT2D eigenvalue weighted by atomic mass is 10.0. The SMILES string of the molecule is C=c1c(C(=O)OCC)ccc/c1=C/C(=C\C)Oc1ccnc2cc(CCCc3ccccc3)c(OC)cc12. The van der Waals surface area contributed by atoms with Crippen LogP contribution in [-0.4, -0.2) is 24.7 Å². The maximum Gasteiger partial charge on any atom is 0.338 e. The molecule has 0 saturated carbocycles. The van der Waals surface area contributed by atoms with Crippen LogP contribution in [0.15, 0.2) is 84.8 Å². The third-order valence-corrected chi connectivity index (χ3v) is 6.38. The summed E-state index contributed by atoms with van der Waals surface area (Å²) in [5.74, 6) is 1.72. The second-order valence-electron chi connectivity index (χ2n) is 8.86. The number of fused-ring (bicyclic) bond motifs is 1. The Morgan fingerprint density at radius 3 is 2.55 bits per heavy atom. The molecule has 0 saturated heterocycles. The van der Waals surface area contributed by atoms with E-state index in [4.69, 9.17) is 14.2 Å². The summed E-state index contributed by atoms with van der Waals surface area (Å²) in [6.45, 7) is 8.09. The quantitative estimate of drug-likeness (QED) is 0.202. The van der Waals surface area contributed by atoms with Gasteiger partial charge in [-0.3, -0.25) is 4.98 Å². The van der Waals surface area contributed by atoms with E-state index in [9.17, 15) is 4.79 Å². The van der Waals surface area contributed by atoms with Crippen molar-refractivity contribution in [2.45, 2.75) is 33.1 Å². The summed E-state index contributed by atoms with van der Waals surface area (Å²) in [6, 6.07) is 21.8. The third kappa shape index (κ3) is 6.30. The molecule has 0 aliphatic rings. The van der Waals surface area contributed by atoms with E-state index in [-0.39, 0.29) is 5.97 Å². The first-order chi connectivity index (χ1) is 18.5.